The number of nitrogens with one attached hydrogen (secondary N) is 1. The van der Waals surface area contributed by atoms with Crippen LogP contribution in [-0.2, 0) is 34.4 Å². The average Bonchev–Trinajstić information content (AvgIpc) is 3.13. The van der Waals surface area contributed by atoms with E-state index in [9.17, 15) is 31.2 Å². The van der Waals surface area contributed by atoms with Crippen molar-refractivity contribution in [3.8, 4) is 5.75 Å². The molecule has 1 aliphatic heterocycles. The first kappa shape index (κ1) is 37.2. The minimum absolute atomic E-state index is 0.0145. The van der Waals surface area contributed by atoms with Gasteiger partial charge in [0, 0.05) is 47.8 Å². The van der Waals surface area contributed by atoms with Crippen LogP contribution in [0.3, 0.4) is 0 Å². The van der Waals surface area contributed by atoms with Gasteiger partial charge in [0.25, 0.3) is 20.0 Å². The van der Waals surface area contributed by atoms with Crippen molar-refractivity contribution in [3.63, 3.8) is 0 Å². The van der Waals surface area contributed by atoms with Gasteiger partial charge in [0.15, 0.2) is 0 Å². The van der Waals surface area contributed by atoms with Crippen LogP contribution in [0.15, 0.2) is 120 Å². The zero-order chi connectivity index (χ0) is 37.6. The molecule has 17 heteroatoms. The molecule has 0 bridgehead atoms. The number of anilines is 3. The van der Waals surface area contributed by atoms with Crippen LogP contribution >= 0.6 is 0 Å². The van der Waals surface area contributed by atoms with Crippen LogP contribution in [0.5, 0.6) is 5.75 Å². The normalized spacial score (nSPS) is 12.8. The fraction of sp³-hybridized carbons (Fsp3) is 0.171. The molecule has 0 saturated carbocycles. The molecule has 5 N–H and O–H groups in total. The molecule has 4 aromatic rings. The van der Waals surface area contributed by atoms with E-state index in [-0.39, 0.29) is 44.4 Å². The zero-order valence-corrected chi connectivity index (χ0v) is 29.9. The van der Waals surface area contributed by atoms with Gasteiger partial charge >= 0.3 is 0 Å². The molecule has 4 aromatic carbocycles. The third-order valence-corrected chi connectivity index (χ3v) is 11.5. The van der Waals surface area contributed by atoms with Crippen LogP contribution in [0.4, 0.5) is 17.1 Å². The van der Waals surface area contributed by atoms with Crippen molar-refractivity contribution in [3.05, 3.63) is 110 Å². The van der Waals surface area contributed by atoms with E-state index < -0.39 is 45.0 Å². The lowest BCUT2D eigenvalue weighted by Crippen LogP contribution is -2.39. The highest BCUT2D eigenvalue weighted by molar-refractivity contribution is 7.93. The van der Waals surface area contributed by atoms with Crippen LogP contribution < -0.4 is 30.1 Å². The number of amides is 3. The highest BCUT2D eigenvalue weighted by Gasteiger charge is 2.32. The molecule has 15 nitrogen and oxygen atoms in total. The second-order valence-electron chi connectivity index (χ2n) is 11.5. The van der Waals surface area contributed by atoms with Gasteiger partial charge in [-0.15, -0.1) is 0 Å². The summed E-state index contributed by atoms with van der Waals surface area (Å²) in [6.45, 7) is 1.32. The molecule has 52 heavy (non-hydrogen) atoms. The van der Waals surface area contributed by atoms with Crippen LogP contribution in [0.2, 0.25) is 0 Å². The summed E-state index contributed by atoms with van der Waals surface area (Å²) in [7, 11) is -7.43. The maximum atomic E-state index is 14.1. The third-order valence-electron chi connectivity index (χ3n) is 7.98. The van der Waals surface area contributed by atoms with E-state index in [1.165, 1.54) is 67.8 Å². The second kappa shape index (κ2) is 15.4. The van der Waals surface area contributed by atoms with E-state index in [0.717, 1.165) is 15.2 Å². The Labute approximate surface area is 301 Å². The lowest BCUT2D eigenvalue weighted by atomic mass is 10.1. The summed E-state index contributed by atoms with van der Waals surface area (Å²) in [6.07, 6.45) is 7.20. The summed E-state index contributed by atoms with van der Waals surface area (Å²) in [5, 5.41) is 3.20. The molecule has 1 aliphatic rings. The van der Waals surface area contributed by atoms with Crippen molar-refractivity contribution >= 4 is 65.6 Å². The lowest BCUT2D eigenvalue weighted by molar-refractivity contribution is -0.117. The highest BCUT2D eigenvalue weighted by Crippen LogP contribution is 2.38. The van der Waals surface area contributed by atoms with Crippen molar-refractivity contribution < 1.29 is 36.0 Å². The molecule has 5 rings (SSSR count). The summed E-state index contributed by atoms with van der Waals surface area (Å²) in [4.78, 5) is 40.5. The van der Waals surface area contributed by atoms with Gasteiger partial charge < -0.3 is 31.3 Å². The molecule has 0 fully saturated rings. The minimum atomic E-state index is -4.48. The number of rotatable bonds is 15. The smallest absolute Gasteiger partial charge is 0.264 e. The van der Waals surface area contributed by atoms with E-state index in [4.69, 9.17) is 16.2 Å². The standard InChI is InChI=1S/C35H37N7O8S2/c1-3-39-18-20-40(21-19-39)24-35(45)38-25-8-12-27(13-9-25)51(46,47)41(22-33(36)43)31-16-17-32(30-7-5-4-6-29(30)31)42(23-34(37)44)52(48,49)28-14-10-26(50-2)11-15-28/h4-21H,3,22-24H2,1-2H3,(H2,36,43)(H2,37,44)(H,38,45). The van der Waals surface area contributed by atoms with E-state index in [1.807, 2.05) is 24.2 Å². The van der Waals surface area contributed by atoms with Crippen molar-refractivity contribution in [1.29, 1.82) is 0 Å². The quantitative estimate of drug-likeness (QED) is 0.162. The monoisotopic (exact) mass is 747 g/mol. The fourth-order valence-electron chi connectivity index (χ4n) is 5.42. The number of methoxy groups -OCH3 is 1. The van der Waals surface area contributed by atoms with Crippen LogP contribution in [0.25, 0.3) is 10.8 Å². The Kier molecular flexibility index (Phi) is 11.0. The Morgan fingerprint density at radius 1 is 0.673 bits per heavy atom. The summed E-state index contributed by atoms with van der Waals surface area (Å²) in [6, 6.07) is 19.9. The molecule has 272 valence electrons. The number of primary amides is 2. The molecular formula is C35H37N7O8S2. The zero-order valence-electron chi connectivity index (χ0n) is 28.2. The highest BCUT2D eigenvalue weighted by atomic mass is 32.2. The molecule has 0 radical (unpaired) electrons. The molecule has 1 heterocycles. The van der Waals surface area contributed by atoms with Gasteiger partial charge in [-0.2, -0.15) is 0 Å². The Morgan fingerprint density at radius 2 is 1.12 bits per heavy atom. The SMILES string of the molecule is CCN1C=CN(CC(=O)Nc2ccc(S(=O)(=O)N(CC(N)=O)c3ccc(N(CC(N)=O)S(=O)(=O)c4ccc(OC)cc4)c4ccccc34)cc2)C=C1. The molecule has 3 amide bonds. The number of nitrogens with two attached hydrogens (primary N) is 2. The number of ether oxygens (including phenoxy) is 1. The first-order chi connectivity index (χ1) is 24.7. The van der Waals surface area contributed by atoms with E-state index >= 15 is 0 Å². The van der Waals surface area contributed by atoms with Crippen LogP contribution in [0.1, 0.15) is 6.92 Å². The number of fused-ring (bicyclic) bond motifs is 1. The van der Waals surface area contributed by atoms with Crippen LogP contribution in [0, 0.1) is 0 Å². The average molecular weight is 748 g/mol. The van der Waals surface area contributed by atoms with E-state index in [2.05, 4.69) is 5.32 Å². The van der Waals surface area contributed by atoms with Gasteiger partial charge in [0.2, 0.25) is 17.7 Å². The molecule has 0 aliphatic carbocycles. The Balaban J connectivity index is 1.49. The van der Waals surface area contributed by atoms with Gasteiger partial charge in [-0.1, -0.05) is 24.3 Å². The van der Waals surface area contributed by atoms with Crippen molar-refractivity contribution in [2.45, 2.75) is 16.7 Å². The second-order valence-corrected chi connectivity index (χ2v) is 15.2. The molecule has 0 saturated heterocycles. The Hall–Kier alpha value is -6.07. The summed E-state index contributed by atoms with van der Waals surface area (Å²) in [5.41, 5.74) is 11.4. The summed E-state index contributed by atoms with van der Waals surface area (Å²) >= 11 is 0. The minimum Gasteiger partial charge on any atom is -0.497 e. The molecule has 0 atom stereocenters. The number of benzene rings is 4. The van der Waals surface area contributed by atoms with E-state index in [1.54, 1.807) is 41.6 Å². The number of hydrogen-bond donors (Lipinski definition) is 3. The molecule has 0 unspecified atom stereocenters. The predicted molar refractivity (Wildman–Crippen MR) is 197 cm³/mol. The van der Waals surface area contributed by atoms with Crippen molar-refractivity contribution in [2.24, 2.45) is 11.5 Å². The molecule has 0 aromatic heterocycles. The maximum Gasteiger partial charge on any atom is 0.264 e. The third kappa shape index (κ3) is 8.11. The number of nitrogens with zero attached hydrogens (tertiary/aromatic N) is 4. The maximum absolute atomic E-state index is 14.1. The topological polar surface area (TPSA) is 206 Å². The Bertz CT molecular complexity index is 2250. The number of sulfonamides is 2. The first-order valence-corrected chi connectivity index (χ1v) is 18.7. The van der Waals surface area contributed by atoms with Crippen LogP contribution in [-0.4, -0.2) is 77.6 Å². The number of carbonyl (C=O) groups excluding carboxylic acids is 3. The number of hydrogen-bond acceptors (Lipinski definition) is 10. The lowest BCUT2D eigenvalue weighted by Gasteiger charge is -2.28. The Morgan fingerprint density at radius 3 is 1.54 bits per heavy atom. The first-order valence-electron chi connectivity index (χ1n) is 15.8. The van der Waals surface area contributed by atoms with Crippen molar-refractivity contribution in [1.82, 2.24) is 9.80 Å². The van der Waals surface area contributed by atoms with Crippen molar-refractivity contribution in [2.75, 3.05) is 47.2 Å². The van der Waals surface area contributed by atoms with Gasteiger partial charge in [0.1, 0.15) is 25.4 Å². The summed E-state index contributed by atoms with van der Waals surface area (Å²) in [5.74, 6) is -1.82. The van der Waals surface area contributed by atoms with Gasteiger partial charge in [0.05, 0.1) is 28.3 Å². The number of carbonyl (C=O) groups is 3. The van der Waals surface area contributed by atoms with Gasteiger partial charge in [-0.3, -0.25) is 23.0 Å². The largest absolute Gasteiger partial charge is 0.497 e. The van der Waals surface area contributed by atoms with Gasteiger partial charge in [-0.25, -0.2) is 16.8 Å². The summed E-state index contributed by atoms with van der Waals surface area (Å²) < 4.78 is 62.9. The fourth-order valence-corrected chi connectivity index (χ4v) is 8.32. The molecular weight excluding hydrogens is 711 g/mol. The van der Waals surface area contributed by atoms with E-state index in [0.29, 0.717) is 11.4 Å². The predicted octanol–water partition coefficient (Wildman–Crippen LogP) is 2.73. The van der Waals surface area contributed by atoms with Gasteiger partial charge in [-0.05, 0) is 67.6 Å². The molecule has 0 spiro atoms.